The zero-order chi connectivity index (χ0) is 22.6. The molecule has 1 saturated heterocycles. The van der Waals surface area contributed by atoms with Crippen LogP contribution in [0.15, 0.2) is 91.1 Å². The molecule has 1 unspecified atom stereocenters. The number of nitrogens with one attached hydrogen (secondary N) is 1. The Morgan fingerprint density at radius 2 is 1.70 bits per heavy atom. The third-order valence-corrected chi connectivity index (χ3v) is 5.94. The Kier molecular flexibility index (Phi) is 5.83. The van der Waals surface area contributed by atoms with Crippen LogP contribution in [0.4, 0.5) is 11.6 Å². The number of benzene rings is 2. The van der Waals surface area contributed by atoms with Crippen LogP contribution >= 0.6 is 0 Å². The standard InChI is InChI=1S/C27H25N5O/c28-27-22(16-21(17-30-27)19-8-3-1-4-9-19)26(33)23-12-7-13-25(31-23)32-15-14-29-24(18-32)20-10-5-2-6-11-20/h1-13,16-17,24,29H,14-15,18H2,(H2,28,30). The average Bonchev–Trinajstić information content (AvgIpc) is 2.90. The second-order valence-corrected chi connectivity index (χ2v) is 8.10. The first kappa shape index (κ1) is 20.8. The number of nitrogens with two attached hydrogens (primary N) is 1. The van der Waals surface area contributed by atoms with Crippen molar-refractivity contribution >= 4 is 17.4 Å². The molecular weight excluding hydrogens is 410 g/mol. The lowest BCUT2D eigenvalue weighted by atomic mass is 10.0. The van der Waals surface area contributed by atoms with Crippen LogP contribution in [0.2, 0.25) is 0 Å². The summed E-state index contributed by atoms with van der Waals surface area (Å²) in [6, 6.07) is 27.8. The second-order valence-electron chi connectivity index (χ2n) is 8.10. The van der Waals surface area contributed by atoms with Crippen molar-refractivity contribution < 1.29 is 4.79 Å². The normalized spacial score (nSPS) is 15.9. The first-order valence-corrected chi connectivity index (χ1v) is 11.0. The van der Waals surface area contributed by atoms with Gasteiger partial charge in [0.25, 0.3) is 0 Å². The number of carbonyl (C=O) groups is 1. The highest BCUT2D eigenvalue weighted by Gasteiger charge is 2.23. The quantitative estimate of drug-likeness (QED) is 0.459. The van der Waals surface area contributed by atoms with Crippen LogP contribution in [0.25, 0.3) is 11.1 Å². The second kappa shape index (κ2) is 9.22. The van der Waals surface area contributed by atoms with Crippen LogP contribution in [-0.4, -0.2) is 35.4 Å². The van der Waals surface area contributed by atoms with Gasteiger partial charge in [-0.3, -0.25) is 4.79 Å². The molecule has 3 heterocycles. The highest BCUT2D eigenvalue weighted by Crippen LogP contribution is 2.25. The fraction of sp³-hybridized carbons (Fsp3) is 0.148. The number of ketones is 1. The van der Waals surface area contributed by atoms with E-state index < -0.39 is 0 Å². The van der Waals surface area contributed by atoms with Gasteiger partial charge in [-0.1, -0.05) is 66.7 Å². The van der Waals surface area contributed by atoms with Gasteiger partial charge in [0.2, 0.25) is 5.78 Å². The molecule has 0 amide bonds. The largest absolute Gasteiger partial charge is 0.383 e. The molecule has 0 spiro atoms. The highest BCUT2D eigenvalue weighted by molar-refractivity contribution is 6.11. The minimum atomic E-state index is -0.227. The van der Waals surface area contributed by atoms with E-state index in [-0.39, 0.29) is 17.6 Å². The summed E-state index contributed by atoms with van der Waals surface area (Å²) in [6.07, 6.45) is 1.69. The molecule has 0 bridgehead atoms. The highest BCUT2D eigenvalue weighted by atomic mass is 16.1. The van der Waals surface area contributed by atoms with Crippen molar-refractivity contribution in [2.75, 3.05) is 30.3 Å². The number of anilines is 2. The zero-order valence-corrected chi connectivity index (χ0v) is 18.2. The molecule has 3 N–H and O–H groups in total. The molecule has 5 rings (SSSR count). The minimum Gasteiger partial charge on any atom is -0.383 e. The third-order valence-electron chi connectivity index (χ3n) is 5.94. The topological polar surface area (TPSA) is 84.1 Å². The Morgan fingerprint density at radius 3 is 2.48 bits per heavy atom. The van der Waals surface area contributed by atoms with Gasteiger partial charge in [-0.05, 0) is 29.3 Å². The van der Waals surface area contributed by atoms with Gasteiger partial charge in [-0.15, -0.1) is 0 Å². The number of rotatable bonds is 5. The van der Waals surface area contributed by atoms with E-state index in [2.05, 4.69) is 39.5 Å². The van der Waals surface area contributed by atoms with E-state index in [1.54, 1.807) is 18.3 Å². The Morgan fingerprint density at radius 1 is 0.939 bits per heavy atom. The predicted molar refractivity (Wildman–Crippen MR) is 131 cm³/mol. The number of nitrogen functional groups attached to an aromatic ring is 1. The lowest BCUT2D eigenvalue weighted by Crippen LogP contribution is -2.46. The first-order chi connectivity index (χ1) is 16.2. The first-order valence-electron chi connectivity index (χ1n) is 11.0. The molecule has 1 atom stereocenters. The summed E-state index contributed by atoms with van der Waals surface area (Å²) >= 11 is 0. The van der Waals surface area contributed by atoms with Crippen molar-refractivity contribution in [2.45, 2.75) is 6.04 Å². The lowest BCUT2D eigenvalue weighted by molar-refractivity contribution is 0.103. The van der Waals surface area contributed by atoms with E-state index in [0.717, 1.165) is 36.6 Å². The number of pyridine rings is 2. The van der Waals surface area contributed by atoms with E-state index in [1.807, 2.05) is 48.5 Å². The van der Waals surface area contributed by atoms with E-state index in [1.165, 1.54) is 5.56 Å². The van der Waals surface area contributed by atoms with Crippen LogP contribution in [0, 0.1) is 0 Å². The number of hydrogen-bond acceptors (Lipinski definition) is 6. The number of piperazine rings is 1. The van der Waals surface area contributed by atoms with Crippen LogP contribution < -0.4 is 16.0 Å². The molecule has 1 aliphatic rings. The van der Waals surface area contributed by atoms with Gasteiger partial charge in [0.05, 0.1) is 5.56 Å². The average molecular weight is 436 g/mol. The van der Waals surface area contributed by atoms with Gasteiger partial charge in [-0.2, -0.15) is 0 Å². The molecule has 33 heavy (non-hydrogen) atoms. The maximum absolute atomic E-state index is 13.4. The fourth-order valence-electron chi connectivity index (χ4n) is 4.18. The van der Waals surface area contributed by atoms with Crippen molar-refractivity contribution in [1.29, 1.82) is 0 Å². The van der Waals surface area contributed by atoms with E-state index in [0.29, 0.717) is 11.3 Å². The molecule has 164 valence electrons. The summed E-state index contributed by atoms with van der Waals surface area (Å²) in [5, 5.41) is 3.57. The van der Waals surface area contributed by atoms with Crippen molar-refractivity contribution in [1.82, 2.24) is 15.3 Å². The van der Waals surface area contributed by atoms with Gasteiger partial charge in [0.15, 0.2) is 0 Å². The maximum Gasteiger partial charge on any atom is 0.215 e. The molecule has 1 fully saturated rings. The number of aromatic nitrogens is 2. The molecule has 2 aromatic heterocycles. The SMILES string of the molecule is Nc1ncc(-c2ccccc2)cc1C(=O)c1cccc(N2CCNC(c3ccccc3)C2)n1. The van der Waals surface area contributed by atoms with Crippen molar-refractivity contribution in [3.8, 4) is 11.1 Å². The summed E-state index contributed by atoms with van der Waals surface area (Å²) in [4.78, 5) is 24.6. The summed E-state index contributed by atoms with van der Waals surface area (Å²) < 4.78 is 0. The lowest BCUT2D eigenvalue weighted by Gasteiger charge is -2.35. The van der Waals surface area contributed by atoms with Gasteiger partial charge in [0.1, 0.15) is 17.3 Å². The molecule has 6 heteroatoms. The van der Waals surface area contributed by atoms with E-state index in [4.69, 9.17) is 10.7 Å². The molecule has 0 aliphatic carbocycles. The van der Waals surface area contributed by atoms with Crippen LogP contribution in [0.5, 0.6) is 0 Å². The summed E-state index contributed by atoms with van der Waals surface area (Å²) in [6.45, 7) is 2.44. The Labute approximate surface area is 193 Å². The summed E-state index contributed by atoms with van der Waals surface area (Å²) in [7, 11) is 0. The molecule has 1 aliphatic heterocycles. The van der Waals surface area contributed by atoms with Crippen LogP contribution in [0.3, 0.4) is 0 Å². The Balaban J connectivity index is 1.41. The number of hydrogen-bond donors (Lipinski definition) is 2. The Hall–Kier alpha value is -4.03. The van der Waals surface area contributed by atoms with E-state index in [9.17, 15) is 4.79 Å². The molecular formula is C27H25N5O. The molecule has 0 saturated carbocycles. The van der Waals surface area contributed by atoms with Crippen molar-refractivity contribution in [2.24, 2.45) is 0 Å². The van der Waals surface area contributed by atoms with Gasteiger partial charge in [0, 0.05) is 37.4 Å². The zero-order valence-electron chi connectivity index (χ0n) is 18.2. The van der Waals surface area contributed by atoms with E-state index >= 15 is 0 Å². The number of nitrogens with zero attached hydrogens (tertiary/aromatic N) is 3. The molecule has 6 nitrogen and oxygen atoms in total. The third kappa shape index (κ3) is 4.47. The van der Waals surface area contributed by atoms with Gasteiger partial charge in [-0.25, -0.2) is 9.97 Å². The van der Waals surface area contributed by atoms with Crippen molar-refractivity contribution in [3.05, 3.63) is 108 Å². The minimum absolute atomic E-state index is 0.207. The van der Waals surface area contributed by atoms with Crippen LogP contribution in [0.1, 0.15) is 27.7 Å². The summed E-state index contributed by atoms with van der Waals surface area (Å²) in [5.74, 6) is 0.765. The Bertz CT molecular complexity index is 1260. The fourth-order valence-corrected chi connectivity index (χ4v) is 4.18. The van der Waals surface area contributed by atoms with Gasteiger partial charge >= 0.3 is 0 Å². The monoisotopic (exact) mass is 435 g/mol. The van der Waals surface area contributed by atoms with Crippen LogP contribution in [-0.2, 0) is 0 Å². The van der Waals surface area contributed by atoms with Gasteiger partial charge < -0.3 is 16.0 Å². The molecule has 2 aromatic carbocycles. The molecule has 0 radical (unpaired) electrons. The molecule has 4 aromatic rings. The number of carbonyl (C=O) groups excluding carboxylic acids is 1. The van der Waals surface area contributed by atoms with Crippen molar-refractivity contribution in [3.63, 3.8) is 0 Å². The maximum atomic E-state index is 13.4. The smallest absolute Gasteiger partial charge is 0.215 e. The summed E-state index contributed by atoms with van der Waals surface area (Å²) in [5.41, 5.74) is 9.88. The predicted octanol–water partition coefficient (Wildman–Crippen LogP) is 4.11.